The summed E-state index contributed by atoms with van der Waals surface area (Å²) in [5, 5.41) is 11.4. The molecule has 0 aromatic carbocycles. The maximum absolute atomic E-state index is 12.3. The summed E-state index contributed by atoms with van der Waals surface area (Å²) in [5.41, 5.74) is -0.491. The molecular formula is C13H20N4O2S. The Morgan fingerprint density at radius 3 is 3.10 bits per heavy atom. The first-order valence-electron chi connectivity index (χ1n) is 7.19. The minimum absolute atomic E-state index is 0.0902. The van der Waals surface area contributed by atoms with Crippen molar-refractivity contribution in [1.82, 2.24) is 20.5 Å². The Kier molecular flexibility index (Phi) is 3.98. The number of H-pyrrole nitrogens is 1. The van der Waals surface area contributed by atoms with E-state index in [1.54, 1.807) is 11.8 Å². The summed E-state index contributed by atoms with van der Waals surface area (Å²) in [4.78, 5) is 16.5. The molecule has 0 radical (unpaired) electrons. The Labute approximate surface area is 122 Å². The first kappa shape index (κ1) is 13.9. The van der Waals surface area contributed by atoms with Crippen LogP contribution in [0.2, 0.25) is 0 Å². The summed E-state index contributed by atoms with van der Waals surface area (Å²) in [6, 6.07) is 0.494. The SMILES string of the molecule is CCOC(=O)C1(NC2CC2)CCC(Sc2ncn[nH]2)C1. The second kappa shape index (κ2) is 5.73. The first-order valence-corrected chi connectivity index (χ1v) is 8.07. The molecule has 1 heterocycles. The quantitative estimate of drug-likeness (QED) is 0.775. The maximum Gasteiger partial charge on any atom is 0.326 e. The minimum Gasteiger partial charge on any atom is -0.465 e. The zero-order valence-corrected chi connectivity index (χ0v) is 12.4. The number of carbonyl (C=O) groups excluding carboxylic acids is 1. The average Bonchev–Trinajstić information content (AvgIpc) is 2.92. The third kappa shape index (κ3) is 2.98. The summed E-state index contributed by atoms with van der Waals surface area (Å²) < 4.78 is 5.29. The number of aromatic amines is 1. The number of nitrogens with zero attached hydrogens (tertiary/aromatic N) is 2. The fraction of sp³-hybridized carbons (Fsp3) is 0.769. The fourth-order valence-corrected chi connectivity index (χ4v) is 3.91. The number of nitrogens with one attached hydrogen (secondary N) is 2. The van der Waals surface area contributed by atoms with Crippen LogP contribution in [-0.4, -0.2) is 44.6 Å². The van der Waals surface area contributed by atoms with Gasteiger partial charge in [0.2, 0.25) is 0 Å². The highest BCUT2D eigenvalue weighted by Gasteiger charge is 2.49. The Hall–Kier alpha value is -1.08. The average molecular weight is 296 g/mol. The first-order chi connectivity index (χ1) is 9.72. The van der Waals surface area contributed by atoms with Gasteiger partial charge in [-0.2, -0.15) is 5.10 Å². The Morgan fingerprint density at radius 2 is 2.45 bits per heavy atom. The second-order valence-electron chi connectivity index (χ2n) is 5.49. The lowest BCUT2D eigenvalue weighted by atomic mass is 9.97. The molecule has 0 bridgehead atoms. The van der Waals surface area contributed by atoms with Crippen LogP contribution in [0.1, 0.15) is 39.0 Å². The second-order valence-corrected chi connectivity index (χ2v) is 6.78. The van der Waals surface area contributed by atoms with Gasteiger partial charge in [0.15, 0.2) is 5.16 Å². The summed E-state index contributed by atoms with van der Waals surface area (Å²) in [6.07, 6.45) is 6.48. The van der Waals surface area contributed by atoms with Gasteiger partial charge in [-0.15, -0.1) is 0 Å². The molecule has 0 spiro atoms. The van der Waals surface area contributed by atoms with Gasteiger partial charge >= 0.3 is 5.97 Å². The molecule has 2 N–H and O–H groups in total. The molecule has 2 saturated carbocycles. The summed E-state index contributed by atoms with van der Waals surface area (Å²) in [7, 11) is 0. The van der Waals surface area contributed by atoms with Crippen molar-refractivity contribution in [2.45, 2.75) is 61.0 Å². The van der Waals surface area contributed by atoms with Crippen LogP contribution in [-0.2, 0) is 9.53 Å². The number of hydrogen-bond donors (Lipinski definition) is 2. The van der Waals surface area contributed by atoms with Crippen molar-refractivity contribution in [3.63, 3.8) is 0 Å². The van der Waals surface area contributed by atoms with Gasteiger partial charge in [-0.1, -0.05) is 11.8 Å². The lowest BCUT2D eigenvalue weighted by Crippen LogP contribution is -2.52. The van der Waals surface area contributed by atoms with E-state index in [-0.39, 0.29) is 5.97 Å². The normalized spacial score (nSPS) is 29.6. The molecule has 20 heavy (non-hydrogen) atoms. The Balaban J connectivity index is 1.66. The van der Waals surface area contributed by atoms with Crippen molar-refractivity contribution < 1.29 is 9.53 Å². The predicted molar refractivity (Wildman–Crippen MR) is 75.4 cm³/mol. The number of thioether (sulfide) groups is 1. The molecular weight excluding hydrogens is 276 g/mol. The summed E-state index contributed by atoms with van der Waals surface area (Å²) in [5.74, 6) is -0.0902. The molecule has 2 aliphatic carbocycles. The summed E-state index contributed by atoms with van der Waals surface area (Å²) >= 11 is 1.67. The van der Waals surface area contributed by atoms with Crippen LogP contribution in [0.25, 0.3) is 0 Å². The molecule has 2 fully saturated rings. The van der Waals surface area contributed by atoms with Crippen LogP contribution in [0.4, 0.5) is 0 Å². The van der Waals surface area contributed by atoms with Crippen molar-refractivity contribution in [3.05, 3.63) is 6.33 Å². The van der Waals surface area contributed by atoms with E-state index in [1.165, 1.54) is 19.2 Å². The lowest BCUT2D eigenvalue weighted by molar-refractivity contribution is -0.151. The number of rotatable bonds is 6. The molecule has 110 valence electrons. The van der Waals surface area contributed by atoms with Crippen LogP contribution >= 0.6 is 11.8 Å². The molecule has 0 aliphatic heterocycles. The van der Waals surface area contributed by atoms with Crippen molar-refractivity contribution >= 4 is 17.7 Å². The lowest BCUT2D eigenvalue weighted by Gasteiger charge is -2.28. The van der Waals surface area contributed by atoms with Gasteiger partial charge in [0, 0.05) is 11.3 Å². The molecule has 1 aromatic rings. The molecule has 6 nitrogen and oxygen atoms in total. The van der Waals surface area contributed by atoms with Gasteiger partial charge < -0.3 is 4.74 Å². The fourth-order valence-electron chi connectivity index (χ4n) is 2.77. The monoisotopic (exact) mass is 296 g/mol. The maximum atomic E-state index is 12.3. The molecule has 2 unspecified atom stereocenters. The predicted octanol–water partition coefficient (Wildman–Crippen LogP) is 1.50. The number of esters is 1. The highest BCUT2D eigenvalue weighted by Crippen LogP contribution is 2.41. The minimum atomic E-state index is -0.491. The zero-order chi connectivity index (χ0) is 14.0. The molecule has 2 aliphatic rings. The molecule has 0 saturated heterocycles. The van der Waals surface area contributed by atoms with E-state index < -0.39 is 5.54 Å². The number of ether oxygens (including phenoxy) is 1. The molecule has 3 rings (SSSR count). The van der Waals surface area contributed by atoms with E-state index in [0.29, 0.717) is 17.9 Å². The number of carbonyl (C=O) groups is 1. The van der Waals surface area contributed by atoms with Crippen LogP contribution in [0, 0.1) is 0 Å². The van der Waals surface area contributed by atoms with Crippen LogP contribution in [0.15, 0.2) is 11.5 Å². The van der Waals surface area contributed by atoms with Crippen molar-refractivity contribution in [1.29, 1.82) is 0 Å². The Bertz CT molecular complexity index is 463. The van der Waals surface area contributed by atoms with E-state index >= 15 is 0 Å². The van der Waals surface area contributed by atoms with E-state index in [2.05, 4.69) is 20.5 Å². The topological polar surface area (TPSA) is 79.9 Å². The molecule has 7 heteroatoms. The standard InChI is InChI=1S/C13H20N4O2S/c1-2-19-11(18)13(16-9-3-4-9)6-5-10(7-13)20-12-14-8-15-17-12/h8-10,16H,2-7H2,1H3,(H,14,15,17). The number of aromatic nitrogens is 3. The van der Waals surface area contributed by atoms with Gasteiger partial charge in [0.1, 0.15) is 11.9 Å². The van der Waals surface area contributed by atoms with Crippen molar-refractivity contribution in [3.8, 4) is 0 Å². The van der Waals surface area contributed by atoms with E-state index in [1.807, 2.05) is 6.92 Å². The van der Waals surface area contributed by atoms with Gasteiger partial charge in [-0.25, -0.2) is 4.98 Å². The third-order valence-electron chi connectivity index (χ3n) is 3.86. The summed E-state index contributed by atoms with van der Waals surface area (Å²) in [6.45, 7) is 2.30. The molecule has 2 atom stereocenters. The van der Waals surface area contributed by atoms with Crippen LogP contribution in [0.3, 0.4) is 0 Å². The van der Waals surface area contributed by atoms with Crippen molar-refractivity contribution in [2.75, 3.05) is 6.61 Å². The third-order valence-corrected chi connectivity index (χ3v) is 5.02. The number of hydrogen-bond acceptors (Lipinski definition) is 6. The van der Waals surface area contributed by atoms with E-state index in [4.69, 9.17) is 4.74 Å². The van der Waals surface area contributed by atoms with E-state index in [0.717, 1.165) is 24.4 Å². The zero-order valence-electron chi connectivity index (χ0n) is 11.6. The van der Waals surface area contributed by atoms with E-state index in [9.17, 15) is 4.79 Å². The molecule has 0 amide bonds. The van der Waals surface area contributed by atoms with Gasteiger partial charge in [-0.05, 0) is 39.0 Å². The van der Waals surface area contributed by atoms with Crippen LogP contribution in [0.5, 0.6) is 0 Å². The highest BCUT2D eigenvalue weighted by molar-refractivity contribution is 7.99. The smallest absolute Gasteiger partial charge is 0.326 e. The Morgan fingerprint density at radius 1 is 1.60 bits per heavy atom. The molecule has 1 aromatic heterocycles. The van der Waals surface area contributed by atoms with Gasteiger partial charge in [0.25, 0.3) is 0 Å². The van der Waals surface area contributed by atoms with Crippen molar-refractivity contribution in [2.24, 2.45) is 0 Å². The van der Waals surface area contributed by atoms with Gasteiger partial charge in [-0.3, -0.25) is 15.2 Å². The highest BCUT2D eigenvalue weighted by atomic mass is 32.2. The van der Waals surface area contributed by atoms with Gasteiger partial charge in [0.05, 0.1) is 6.61 Å². The van der Waals surface area contributed by atoms with Crippen LogP contribution < -0.4 is 5.32 Å². The largest absolute Gasteiger partial charge is 0.465 e.